The van der Waals surface area contributed by atoms with Crippen molar-refractivity contribution in [3.8, 4) is 0 Å². The molecule has 0 saturated carbocycles. The average Bonchev–Trinajstić information content (AvgIpc) is 3.34. The van der Waals surface area contributed by atoms with Gasteiger partial charge >= 0.3 is 5.97 Å². The molecule has 0 rings (SSSR count). The summed E-state index contributed by atoms with van der Waals surface area (Å²) in [5.74, 6) is -0.627. The molecule has 0 aliphatic heterocycles. The summed E-state index contributed by atoms with van der Waals surface area (Å²) in [6, 6.07) is -0.742. The standard InChI is InChI=1S/C63H103NO5/c1-4-7-10-13-16-19-22-25-28-30-31-32-35-38-41-44-47-50-53-56-63(68)69-59(54-51-48-45-42-39-36-34-29-26-23-20-17-14-11-8-5-2)57-62(67)64-60(58-65)61(66)55-52-49-46-43-40-37-33-27-24-21-18-15-12-9-6-3/h7,10-11,14,16-17,19-20,23,25-26,28-29,31-32,34,36,38-39,41,47,50,59-61,65-66H,4-6,8-9,12-13,15,18,21-22,24,27,30,33,35,37,40,42-46,48-49,51-58H2,1-3H3,(H,64,67)/b10-7-,14-11+,19-16-,20-17+,26-23+,28-25-,32-31-,34-29+,39-36+,41-38-,50-47-. The molecule has 1 amide bonds. The number of esters is 1. The van der Waals surface area contributed by atoms with E-state index < -0.39 is 18.2 Å². The summed E-state index contributed by atoms with van der Waals surface area (Å²) in [5, 5.41) is 23.8. The quantitative estimate of drug-likeness (QED) is 0.0244. The number of hydrogen-bond acceptors (Lipinski definition) is 5. The summed E-state index contributed by atoms with van der Waals surface area (Å²) < 4.78 is 5.89. The number of amides is 1. The number of aliphatic hydroxyl groups is 2. The number of carbonyl (C=O) groups excluding carboxylic acids is 2. The van der Waals surface area contributed by atoms with Crippen molar-refractivity contribution in [1.82, 2.24) is 5.32 Å². The Labute approximate surface area is 424 Å². The fourth-order valence-corrected chi connectivity index (χ4v) is 7.66. The van der Waals surface area contributed by atoms with Crippen molar-refractivity contribution < 1.29 is 24.5 Å². The molecule has 69 heavy (non-hydrogen) atoms. The molecule has 0 heterocycles. The van der Waals surface area contributed by atoms with Gasteiger partial charge < -0.3 is 20.3 Å². The van der Waals surface area contributed by atoms with Crippen LogP contribution in [0.1, 0.15) is 226 Å². The van der Waals surface area contributed by atoms with E-state index >= 15 is 0 Å². The first-order valence-corrected chi connectivity index (χ1v) is 28.0. The van der Waals surface area contributed by atoms with Gasteiger partial charge in [0.05, 0.1) is 25.2 Å². The molecule has 0 aromatic heterocycles. The highest BCUT2D eigenvalue weighted by Gasteiger charge is 2.24. The molecule has 0 bridgehead atoms. The van der Waals surface area contributed by atoms with Crippen LogP contribution in [0.15, 0.2) is 134 Å². The maximum atomic E-state index is 13.3. The van der Waals surface area contributed by atoms with Crippen molar-refractivity contribution in [3.63, 3.8) is 0 Å². The van der Waals surface area contributed by atoms with E-state index in [1.807, 2.05) is 42.5 Å². The molecule has 0 fully saturated rings. The van der Waals surface area contributed by atoms with Crippen molar-refractivity contribution >= 4 is 11.9 Å². The van der Waals surface area contributed by atoms with Gasteiger partial charge in [-0.05, 0) is 83.5 Å². The van der Waals surface area contributed by atoms with Crippen LogP contribution in [0.3, 0.4) is 0 Å². The van der Waals surface area contributed by atoms with Crippen LogP contribution in [-0.2, 0) is 14.3 Å². The van der Waals surface area contributed by atoms with E-state index in [9.17, 15) is 19.8 Å². The SMILES string of the molecule is CC/C=C\C/C=C\C/C=C\C/C=C\C/C=C\C/C=C\CCC(=O)OC(CCCCC/C=C/C=C/C=C/C=C/C=C/CCC)CC(=O)NC(CO)C(O)CCCCCCCCCCCCCCCCC. The topological polar surface area (TPSA) is 95.9 Å². The Kier molecular flexibility index (Phi) is 51.7. The van der Waals surface area contributed by atoms with Crippen LogP contribution in [0.5, 0.6) is 0 Å². The Morgan fingerprint density at radius 3 is 1.35 bits per heavy atom. The van der Waals surface area contributed by atoms with Crippen LogP contribution < -0.4 is 5.32 Å². The number of ether oxygens (including phenoxy) is 1. The van der Waals surface area contributed by atoms with E-state index in [0.717, 1.165) is 96.3 Å². The van der Waals surface area contributed by atoms with E-state index in [1.54, 1.807) is 0 Å². The third kappa shape index (κ3) is 50.2. The smallest absolute Gasteiger partial charge is 0.306 e. The normalized spacial score (nSPS) is 14.2. The van der Waals surface area contributed by atoms with Crippen LogP contribution in [0, 0.1) is 0 Å². The van der Waals surface area contributed by atoms with Gasteiger partial charge in [0.15, 0.2) is 0 Å². The van der Waals surface area contributed by atoms with Gasteiger partial charge in [-0.25, -0.2) is 0 Å². The number of nitrogens with one attached hydrogen (secondary N) is 1. The number of unbranched alkanes of at least 4 members (excludes halogenated alkanes) is 18. The van der Waals surface area contributed by atoms with Gasteiger partial charge in [0.2, 0.25) is 5.91 Å². The Morgan fingerprint density at radius 2 is 0.870 bits per heavy atom. The molecule has 0 aliphatic carbocycles. The highest BCUT2D eigenvalue weighted by atomic mass is 16.5. The van der Waals surface area contributed by atoms with Gasteiger partial charge in [-0.3, -0.25) is 9.59 Å². The van der Waals surface area contributed by atoms with Crippen LogP contribution in [0.4, 0.5) is 0 Å². The van der Waals surface area contributed by atoms with Crippen molar-refractivity contribution in [2.24, 2.45) is 0 Å². The summed E-state index contributed by atoms with van der Waals surface area (Å²) in [5.41, 5.74) is 0. The van der Waals surface area contributed by atoms with Crippen molar-refractivity contribution in [1.29, 1.82) is 0 Å². The van der Waals surface area contributed by atoms with Gasteiger partial charge in [-0.1, -0.05) is 264 Å². The third-order valence-electron chi connectivity index (χ3n) is 11.8. The Morgan fingerprint density at radius 1 is 0.449 bits per heavy atom. The van der Waals surface area contributed by atoms with E-state index in [4.69, 9.17) is 4.74 Å². The van der Waals surface area contributed by atoms with Crippen molar-refractivity contribution in [2.45, 2.75) is 244 Å². The number of carbonyl (C=O) groups is 2. The lowest BCUT2D eigenvalue weighted by Gasteiger charge is -2.24. The van der Waals surface area contributed by atoms with E-state index in [2.05, 4.69) is 117 Å². The van der Waals surface area contributed by atoms with Gasteiger partial charge in [0.1, 0.15) is 6.10 Å². The molecule has 0 aliphatic rings. The number of rotatable bonds is 48. The number of hydrogen-bond donors (Lipinski definition) is 3. The largest absolute Gasteiger partial charge is 0.462 e. The maximum Gasteiger partial charge on any atom is 0.306 e. The maximum absolute atomic E-state index is 13.3. The highest BCUT2D eigenvalue weighted by Crippen LogP contribution is 2.17. The van der Waals surface area contributed by atoms with Crippen molar-refractivity contribution in [2.75, 3.05) is 6.61 Å². The number of aliphatic hydroxyl groups excluding tert-OH is 2. The van der Waals surface area contributed by atoms with Gasteiger partial charge in [-0.15, -0.1) is 0 Å². The fraction of sp³-hybridized carbons (Fsp3) is 0.619. The molecule has 3 atom stereocenters. The first-order chi connectivity index (χ1) is 34.0. The molecule has 3 N–H and O–H groups in total. The van der Waals surface area contributed by atoms with Crippen LogP contribution in [0.2, 0.25) is 0 Å². The molecule has 0 radical (unpaired) electrons. The molecule has 0 saturated heterocycles. The first kappa shape index (κ1) is 65.0. The van der Waals surface area contributed by atoms with Gasteiger partial charge in [0.25, 0.3) is 0 Å². The van der Waals surface area contributed by atoms with Gasteiger partial charge in [-0.2, -0.15) is 0 Å². The zero-order valence-electron chi connectivity index (χ0n) is 44.4. The Bertz CT molecular complexity index is 1490. The molecular weight excluding hydrogens is 851 g/mol. The first-order valence-electron chi connectivity index (χ1n) is 28.0. The zero-order valence-corrected chi connectivity index (χ0v) is 44.4. The zero-order chi connectivity index (χ0) is 50.2. The summed E-state index contributed by atoms with van der Waals surface area (Å²) >= 11 is 0. The second-order valence-electron chi connectivity index (χ2n) is 18.4. The Hall–Kier alpha value is -4.00. The molecule has 0 aromatic rings. The number of allylic oxidation sites excluding steroid dienone is 22. The second-order valence-corrected chi connectivity index (χ2v) is 18.4. The monoisotopic (exact) mass is 954 g/mol. The fourth-order valence-electron chi connectivity index (χ4n) is 7.66. The van der Waals surface area contributed by atoms with E-state index in [1.165, 1.54) is 77.0 Å². The molecule has 6 heteroatoms. The molecule has 390 valence electrons. The lowest BCUT2D eigenvalue weighted by Crippen LogP contribution is -2.46. The Balaban J connectivity index is 4.80. The summed E-state index contributed by atoms with van der Waals surface area (Å²) in [7, 11) is 0. The minimum absolute atomic E-state index is 0.0102. The molecule has 0 spiro atoms. The predicted octanol–water partition coefficient (Wildman–Crippen LogP) is 17.4. The molecule has 6 nitrogen and oxygen atoms in total. The average molecular weight is 955 g/mol. The van der Waals surface area contributed by atoms with E-state index in [0.29, 0.717) is 19.3 Å². The van der Waals surface area contributed by atoms with Crippen molar-refractivity contribution in [3.05, 3.63) is 134 Å². The summed E-state index contributed by atoms with van der Waals surface area (Å²) in [6.07, 6.45) is 78.0. The summed E-state index contributed by atoms with van der Waals surface area (Å²) in [4.78, 5) is 26.2. The summed E-state index contributed by atoms with van der Waals surface area (Å²) in [6.45, 7) is 6.25. The molecular formula is C63H103NO5. The van der Waals surface area contributed by atoms with Crippen LogP contribution in [0.25, 0.3) is 0 Å². The third-order valence-corrected chi connectivity index (χ3v) is 11.8. The van der Waals surface area contributed by atoms with Crippen LogP contribution in [-0.4, -0.2) is 46.9 Å². The predicted molar refractivity (Wildman–Crippen MR) is 300 cm³/mol. The molecule has 3 unspecified atom stereocenters. The minimum atomic E-state index is -0.822. The van der Waals surface area contributed by atoms with E-state index in [-0.39, 0.29) is 31.3 Å². The van der Waals surface area contributed by atoms with Gasteiger partial charge in [0, 0.05) is 6.42 Å². The molecule has 0 aromatic carbocycles. The highest BCUT2D eigenvalue weighted by molar-refractivity contribution is 5.77. The second kappa shape index (κ2) is 54.9. The lowest BCUT2D eigenvalue weighted by atomic mass is 10.0. The van der Waals surface area contributed by atoms with Crippen LogP contribution >= 0.6 is 0 Å². The minimum Gasteiger partial charge on any atom is -0.462 e. The lowest BCUT2D eigenvalue weighted by molar-refractivity contribution is -0.150.